The van der Waals surface area contributed by atoms with E-state index in [-0.39, 0.29) is 0 Å². The van der Waals surface area contributed by atoms with Crippen LogP contribution < -0.4 is 11.3 Å². The van der Waals surface area contributed by atoms with Gasteiger partial charge in [-0.25, -0.2) is 15.8 Å². The Balaban J connectivity index is 2.12. The van der Waals surface area contributed by atoms with E-state index >= 15 is 0 Å². The van der Waals surface area contributed by atoms with Crippen LogP contribution in [-0.2, 0) is 12.2 Å². The van der Waals surface area contributed by atoms with Crippen LogP contribution in [0.2, 0.25) is 0 Å². The maximum absolute atomic E-state index is 5.46. The molecule has 0 amide bonds. The molecule has 0 aliphatic heterocycles. The van der Waals surface area contributed by atoms with E-state index in [0.29, 0.717) is 5.82 Å². The molecule has 0 aliphatic rings. The lowest BCUT2D eigenvalue weighted by atomic mass is 10.2. The molecule has 0 saturated carbocycles. The summed E-state index contributed by atoms with van der Waals surface area (Å²) in [6.45, 7) is 2.13. The van der Waals surface area contributed by atoms with Crippen LogP contribution in [0.3, 0.4) is 0 Å². The zero-order valence-corrected chi connectivity index (χ0v) is 13.7. The standard InChI is InChI=1S/C14H17BrN4S/c1-2-5-10-8-13(19-16)18-14(17-10)9-20-12-7-4-3-6-11(12)15/h3-4,6-8H,2,5,9,16H2,1H3,(H,17,18,19). The molecule has 20 heavy (non-hydrogen) atoms. The van der Waals surface area contributed by atoms with Gasteiger partial charge >= 0.3 is 0 Å². The highest BCUT2D eigenvalue weighted by Crippen LogP contribution is 2.29. The van der Waals surface area contributed by atoms with Crippen LogP contribution >= 0.6 is 27.7 Å². The molecule has 0 fully saturated rings. The van der Waals surface area contributed by atoms with Crippen LogP contribution in [0.1, 0.15) is 24.9 Å². The topological polar surface area (TPSA) is 63.8 Å². The molecule has 0 bridgehead atoms. The van der Waals surface area contributed by atoms with Crippen molar-refractivity contribution in [3.8, 4) is 0 Å². The van der Waals surface area contributed by atoms with Crippen molar-refractivity contribution in [2.45, 2.75) is 30.4 Å². The van der Waals surface area contributed by atoms with Gasteiger partial charge in [0.2, 0.25) is 0 Å². The van der Waals surface area contributed by atoms with Gasteiger partial charge in [-0.05, 0) is 34.5 Å². The number of nitrogen functional groups attached to an aromatic ring is 1. The molecule has 0 saturated heterocycles. The van der Waals surface area contributed by atoms with E-state index in [9.17, 15) is 0 Å². The first kappa shape index (κ1) is 15.3. The molecular formula is C14H17BrN4S. The summed E-state index contributed by atoms with van der Waals surface area (Å²) in [4.78, 5) is 10.1. The molecule has 0 aliphatic carbocycles. The number of rotatable bonds is 6. The molecule has 2 aromatic rings. The maximum atomic E-state index is 5.46. The van der Waals surface area contributed by atoms with Crippen LogP contribution in [0.5, 0.6) is 0 Å². The SMILES string of the molecule is CCCc1cc(NN)nc(CSc2ccccc2Br)n1. The lowest BCUT2D eigenvalue weighted by molar-refractivity contribution is 0.854. The Labute approximate surface area is 131 Å². The number of hydrazine groups is 1. The summed E-state index contributed by atoms with van der Waals surface area (Å²) in [5.41, 5.74) is 3.63. The summed E-state index contributed by atoms with van der Waals surface area (Å²) in [7, 11) is 0. The summed E-state index contributed by atoms with van der Waals surface area (Å²) >= 11 is 5.25. The number of hydrogen-bond acceptors (Lipinski definition) is 5. The predicted molar refractivity (Wildman–Crippen MR) is 87.5 cm³/mol. The molecule has 106 valence electrons. The van der Waals surface area contributed by atoms with E-state index in [1.165, 1.54) is 4.90 Å². The van der Waals surface area contributed by atoms with Crippen LogP contribution in [0, 0.1) is 0 Å². The molecule has 0 radical (unpaired) electrons. The third-order valence-electron chi connectivity index (χ3n) is 2.67. The number of thioether (sulfide) groups is 1. The van der Waals surface area contributed by atoms with Crippen molar-refractivity contribution < 1.29 is 0 Å². The molecule has 3 N–H and O–H groups in total. The summed E-state index contributed by atoms with van der Waals surface area (Å²) in [5.74, 6) is 7.65. The largest absolute Gasteiger partial charge is 0.308 e. The Morgan fingerprint density at radius 2 is 2.10 bits per heavy atom. The Bertz CT molecular complexity index is 577. The van der Waals surface area contributed by atoms with Gasteiger partial charge in [0.25, 0.3) is 0 Å². The minimum absolute atomic E-state index is 0.672. The van der Waals surface area contributed by atoms with Crippen molar-refractivity contribution in [1.82, 2.24) is 9.97 Å². The van der Waals surface area contributed by atoms with Gasteiger partial charge in [0.1, 0.15) is 11.6 Å². The molecule has 1 aromatic carbocycles. The van der Waals surface area contributed by atoms with Crippen molar-refractivity contribution in [3.63, 3.8) is 0 Å². The average molecular weight is 353 g/mol. The monoisotopic (exact) mass is 352 g/mol. The summed E-state index contributed by atoms with van der Waals surface area (Å²) < 4.78 is 1.09. The lowest BCUT2D eigenvalue weighted by Gasteiger charge is -2.08. The van der Waals surface area contributed by atoms with Gasteiger partial charge in [0.05, 0.1) is 5.75 Å². The first-order chi connectivity index (χ1) is 9.72. The third kappa shape index (κ3) is 4.19. The van der Waals surface area contributed by atoms with Gasteiger partial charge in [-0.15, -0.1) is 11.8 Å². The molecule has 6 heteroatoms. The number of anilines is 1. The minimum Gasteiger partial charge on any atom is -0.308 e. The molecule has 0 spiro atoms. The van der Waals surface area contributed by atoms with Crippen LogP contribution in [0.4, 0.5) is 5.82 Å². The highest BCUT2D eigenvalue weighted by molar-refractivity contribution is 9.10. The smallest absolute Gasteiger partial charge is 0.143 e. The number of nitrogens with one attached hydrogen (secondary N) is 1. The Morgan fingerprint density at radius 3 is 2.80 bits per heavy atom. The highest BCUT2D eigenvalue weighted by Gasteiger charge is 2.06. The fourth-order valence-corrected chi connectivity index (χ4v) is 3.20. The minimum atomic E-state index is 0.672. The molecular weight excluding hydrogens is 336 g/mol. The average Bonchev–Trinajstić information content (AvgIpc) is 2.46. The van der Waals surface area contributed by atoms with Crippen molar-refractivity contribution >= 4 is 33.5 Å². The van der Waals surface area contributed by atoms with Gasteiger partial charge in [-0.1, -0.05) is 25.5 Å². The van der Waals surface area contributed by atoms with Gasteiger partial charge in [-0.3, -0.25) is 0 Å². The van der Waals surface area contributed by atoms with Crippen LogP contribution in [0.15, 0.2) is 39.7 Å². The van der Waals surface area contributed by atoms with E-state index < -0.39 is 0 Å². The number of benzene rings is 1. The van der Waals surface area contributed by atoms with Crippen molar-refractivity contribution in [2.24, 2.45) is 5.84 Å². The molecule has 0 atom stereocenters. The fraction of sp³-hybridized carbons (Fsp3) is 0.286. The van der Waals surface area contributed by atoms with Crippen LogP contribution in [0.25, 0.3) is 0 Å². The lowest BCUT2D eigenvalue weighted by Crippen LogP contribution is -2.11. The highest BCUT2D eigenvalue weighted by atomic mass is 79.9. The van der Waals surface area contributed by atoms with Crippen molar-refractivity contribution in [3.05, 3.63) is 46.3 Å². The fourth-order valence-electron chi connectivity index (χ4n) is 1.78. The molecule has 4 nitrogen and oxygen atoms in total. The van der Waals surface area contributed by atoms with Crippen LogP contribution in [-0.4, -0.2) is 9.97 Å². The number of hydrogen-bond donors (Lipinski definition) is 2. The first-order valence-electron chi connectivity index (χ1n) is 6.43. The van der Waals surface area contributed by atoms with Gasteiger partial charge in [0, 0.05) is 21.1 Å². The molecule has 1 aromatic heterocycles. The number of nitrogens with zero attached hydrogens (tertiary/aromatic N) is 2. The van der Waals surface area contributed by atoms with E-state index in [1.54, 1.807) is 11.8 Å². The summed E-state index contributed by atoms with van der Waals surface area (Å²) in [5, 5.41) is 0. The molecule has 0 unspecified atom stereocenters. The van der Waals surface area contributed by atoms with Gasteiger partial charge in [-0.2, -0.15) is 0 Å². The van der Waals surface area contributed by atoms with E-state index in [2.05, 4.69) is 44.3 Å². The third-order valence-corrected chi connectivity index (χ3v) is 4.70. The maximum Gasteiger partial charge on any atom is 0.143 e. The Kier molecular flexibility index (Phi) is 5.82. The van der Waals surface area contributed by atoms with Gasteiger partial charge in [0.15, 0.2) is 0 Å². The van der Waals surface area contributed by atoms with E-state index in [1.807, 2.05) is 24.3 Å². The van der Waals surface area contributed by atoms with Crippen molar-refractivity contribution in [2.75, 3.05) is 5.43 Å². The summed E-state index contributed by atoms with van der Waals surface area (Å²) in [6.07, 6.45) is 1.99. The Hall–Kier alpha value is -1.11. The van der Waals surface area contributed by atoms with Gasteiger partial charge < -0.3 is 5.43 Å². The zero-order valence-electron chi connectivity index (χ0n) is 11.3. The predicted octanol–water partition coefficient (Wildman–Crippen LogP) is 3.77. The normalized spacial score (nSPS) is 10.6. The van der Waals surface area contributed by atoms with E-state index in [4.69, 9.17) is 5.84 Å². The number of aromatic nitrogens is 2. The second kappa shape index (κ2) is 7.61. The first-order valence-corrected chi connectivity index (χ1v) is 8.21. The van der Waals surface area contributed by atoms with E-state index in [0.717, 1.165) is 34.6 Å². The quantitative estimate of drug-likeness (QED) is 0.470. The molecule has 1 heterocycles. The number of halogens is 1. The van der Waals surface area contributed by atoms with Crippen molar-refractivity contribution in [1.29, 1.82) is 0 Å². The Morgan fingerprint density at radius 1 is 1.30 bits per heavy atom. The second-order valence-electron chi connectivity index (χ2n) is 4.27. The molecule has 2 rings (SSSR count). The number of aryl methyl sites for hydroxylation is 1. The second-order valence-corrected chi connectivity index (χ2v) is 6.15. The zero-order chi connectivity index (χ0) is 14.4. The number of nitrogens with two attached hydrogens (primary N) is 1. The summed E-state index contributed by atoms with van der Waals surface area (Å²) in [6, 6.07) is 10.0.